The van der Waals surface area contributed by atoms with Crippen LogP contribution in [0.1, 0.15) is 28.8 Å². The molecule has 0 unspecified atom stereocenters. The van der Waals surface area contributed by atoms with Gasteiger partial charge in [-0.05, 0) is 31.0 Å². The number of nitrogens with zero attached hydrogens (tertiary/aromatic N) is 1. The number of carboxylic acid groups (broad SMARTS) is 1. The molecule has 0 aromatic heterocycles. The van der Waals surface area contributed by atoms with E-state index in [1.807, 2.05) is 0 Å². The number of carboxylic acids is 1. The van der Waals surface area contributed by atoms with Gasteiger partial charge in [-0.25, -0.2) is 0 Å². The summed E-state index contributed by atoms with van der Waals surface area (Å²) < 4.78 is 39.3. The number of hydrogen-bond acceptors (Lipinski definition) is 2. The van der Waals surface area contributed by atoms with Crippen LogP contribution in [0, 0.1) is 0 Å². The van der Waals surface area contributed by atoms with E-state index < -0.39 is 35.7 Å². The van der Waals surface area contributed by atoms with Gasteiger partial charge in [0, 0.05) is 10.5 Å². The lowest BCUT2D eigenvalue weighted by Gasteiger charge is -2.22. The van der Waals surface area contributed by atoms with Crippen LogP contribution in [0.4, 0.5) is 13.2 Å². The van der Waals surface area contributed by atoms with Gasteiger partial charge in [-0.2, -0.15) is 13.2 Å². The lowest BCUT2D eigenvalue weighted by molar-refractivity contribution is -0.138. The average Bonchev–Trinajstić information content (AvgIpc) is 3.18. The summed E-state index contributed by atoms with van der Waals surface area (Å²) in [6, 6.07) is 2.91. The molecule has 1 amide bonds. The number of carbonyl (C=O) groups excluding carboxylic acids is 1. The molecule has 8 heteroatoms. The van der Waals surface area contributed by atoms with Gasteiger partial charge in [0.2, 0.25) is 0 Å². The van der Waals surface area contributed by atoms with Gasteiger partial charge in [-0.1, -0.05) is 15.9 Å². The van der Waals surface area contributed by atoms with Crippen LogP contribution < -0.4 is 0 Å². The minimum atomic E-state index is -4.69. The highest BCUT2D eigenvalue weighted by Gasteiger charge is 2.40. The minimum Gasteiger partial charge on any atom is -0.480 e. The fraction of sp³-hybridized carbons (Fsp3) is 0.385. The van der Waals surface area contributed by atoms with Gasteiger partial charge in [0.05, 0.1) is 11.1 Å². The highest BCUT2D eigenvalue weighted by atomic mass is 79.9. The van der Waals surface area contributed by atoms with Gasteiger partial charge in [0.15, 0.2) is 0 Å². The molecule has 0 heterocycles. The van der Waals surface area contributed by atoms with Crippen LogP contribution in [-0.4, -0.2) is 34.5 Å². The van der Waals surface area contributed by atoms with Crippen molar-refractivity contribution < 1.29 is 27.9 Å². The Labute approximate surface area is 126 Å². The van der Waals surface area contributed by atoms with E-state index in [0.717, 1.165) is 17.0 Å². The first-order valence-corrected chi connectivity index (χ1v) is 6.89. The van der Waals surface area contributed by atoms with Crippen LogP contribution in [0.2, 0.25) is 0 Å². The summed E-state index contributed by atoms with van der Waals surface area (Å²) >= 11 is 2.94. The number of alkyl halides is 3. The summed E-state index contributed by atoms with van der Waals surface area (Å²) in [7, 11) is 0. The highest BCUT2D eigenvalue weighted by molar-refractivity contribution is 9.10. The van der Waals surface area contributed by atoms with Crippen LogP contribution >= 0.6 is 15.9 Å². The Morgan fingerprint density at radius 2 is 1.95 bits per heavy atom. The number of rotatable bonds is 4. The van der Waals surface area contributed by atoms with Crippen molar-refractivity contribution in [2.45, 2.75) is 25.1 Å². The molecule has 1 N–H and O–H groups in total. The van der Waals surface area contributed by atoms with E-state index in [2.05, 4.69) is 15.9 Å². The zero-order valence-electron chi connectivity index (χ0n) is 10.7. The smallest absolute Gasteiger partial charge is 0.417 e. The van der Waals surface area contributed by atoms with Gasteiger partial charge in [-0.3, -0.25) is 9.59 Å². The molecule has 1 saturated carbocycles. The predicted octanol–water partition coefficient (Wildman–Crippen LogP) is 3.16. The topological polar surface area (TPSA) is 57.6 Å². The van der Waals surface area contributed by atoms with Gasteiger partial charge in [0.25, 0.3) is 5.91 Å². The van der Waals surface area contributed by atoms with Crippen molar-refractivity contribution in [3.8, 4) is 0 Å². The number of halogens is 4. The van der Waals surface area contributed by atoms with Crippen molar-refractivity contribution in [3.63, 3.8) is 0 Å². The lowest BCUT2D eigenvalue weighted by Crippen LogP contribution is -2.38. The number of carbonyl (C=O) groups is 2. The van der Waals surface area contributed by atoms with Crippen molar-refractivity contribution in [2.75, 3.05) is 6.54 Å². The standard InChI is InChI=1S/C13H11BrF3NO3/c14-7-1-4-9(10(5-7)13(15,16)17)12(21)18(6-11(19)20)8-2-3-8/h1,4-5,8H,2-3,6H2,(H,19,20). The van der Waals surface area contributed by atoms with Crippen molar-refractivity contribution in [2.24, 2.45) is 0 Å². The largest absolute Gasteiger partial charge is 0.480 e. The monoisotopic (exact) mass is 365 g/mol. The molecule has 4 nitrogen and oxygen atoms in total. The molecular weight excluding hydrogens is 355 g/mol. The van der Waals surface area contributed by atoms with Crippen LogP contribution in [-0.2, 0) is 11.0 Å². The normalized spacial score (nSPS) is 14.9. The predicted molar refractivity (Wildman–Crippen MR) is 70.8 cm³/mol. The van der Waals surface area contributed by atoms with Gasteiger partial charge >= 0.3 is 12.1 Å². The Hall–Kier alpha value is -1.57. The fourth-order valence-electron chi connectivity index (χ4n) is 1.99. The van der Waals surface area contributed by atoms with Gasteiger partial charge in [-0.15, -0.1) is 0 Å². The molecule has 2 rings (SSSR count). The van der Waals surface area contributed by atoms with Gasteiger partial charge < -0.3 is 10.0 Å². The Bertz CT molecular complexity index is 585. The third kappa shape index (κ3) is 3.75. The maximum absolute atomic E-state index is 13.0. The molecule has 0 bridgehead atoms. The van der Waals surface area contributed by atoms with E-state index in [1.165, 1.54) is 6.07 Å². The Balaban J connectivity index is 2.40. The Morgan fingerprint density at radius 3 is 2.43 bits per heavy atom. The molecule has 0 atom stereocenters. The second-order valence-corrected chi connectivity index (χ2v) is 5.66. The maximum Gasteiger partial charge on any atom is 0.417 e. The second kappa shape index (κ2) is 5.67. The third-order valence-corrected chi connectivity index (χ3v) is 3.56. The van der Waals surface area contributed by atoms with E-state index in [4.69, 9.17) is 5.11 Å². The molecule has 0 spiro atoms. The summed E-state index contributed by atoms with van der Waals surface area (Å²) in [6.45, 7) is -0.600. The van der Waals surface area contributed by atoms with Crippen molar-refractivity contribution in [3.05, 3.63) is 33.8 Å². The molecule has 0 aliphatic heterocycles. The zero-order valence-corrected chi connectivity index (χ0v) is 12.2. The number of benzene rings is 1. The third-order valence-electron chi connectivity index (χ3n) is 3.07. The SMILES string of the molecule is O=C(O)CN(C(=O)c1ccc(Br)cc1C(F)(F)F)C1CC1. The van der Waals surface area contributed by atoms with Crippen molar-refractivity contribution in [1.82, 2.24) is 4.90 Å². The summed E-state index contributed by atoms with van der Waals surface area (Å²) in [5.74, 6) is -2.15. The second-order valence-electron chi connectivity index (χ2n) is 4.75. The van der Waals surface area contributed by atoms with E-state index in [0.29, 0.717) is 12.8 Å². The molecule has 1 aromatic rings. The molecule has 1 aliphatic rings. The molecule has 1 aromatic carbocycles. The maximum atomic E-state index is 13.0. The quantitative estimate of drug-likeness (QED) is 0.891. The molecular formula is C13H11BrF3NO3. The highest BCUT2D eigenvalue weighted by Crippen LogP contribution is 2.36. The summed E-state index contributed by atoms with van der Waals surface area (Å²) in [5.41, 5.74) is -1.60. The first kappa shape index (κ1) is 15.8. The molecule has 114 valence electrons. The van der Waals surface area contributed by atoms with Crippen LogP contribution in [0.25, 0.3) is 0 Å². The molecule has 1 aliphatic carbocycles. The summed E-state index contributed by atoms with van der Waals surface area (Å²) in [6.07, 6.45) is -3.47. The fourth-order valence-corrected chi connectivity index (χ4v) is 2.35. The first-order valence-electron chi connectivity index (χ1n) is 6.09. The Morgan fingerprint density at radius 1 is 1.33 bits per heavy atom. The minimum absolute atomic E-state index is 0.197. The van der Waals surface area contributed by atoms with Crippen LogP contribution in [0.15, 0.2) is 22.7 Å². The van der Waals surface area contributed by atoms with E-state index in [9.17, 15) is 22.8 Å². The molecule has 1 fully saturated rings. The average molecular weight is 366 g/mol. The zero-order chi connectivity index (χ0) is 15.8. The summed E-state index contributed by atoms with van der Waals surface area (Å²) in [4.78, 5) is 24.1. The van der Waals surface area contributed by atoms with E-state index >= 15 is 0 Å². The van der Waals surface area contributed by atoms with E-state index in [-0.39, 0.29) is 10.5 Å². The number of amides is 1. The van der Waals surface area contributed by atoms with Crippen molar-refractivity contribution >= 4 is 27.8 Å². The lowest BCUT2D eigenvalue weighted by atomic mass is 10.1. The number of hydrogen-bond donors (Lipinski definition) is 1. The summed E-state index contributed by atoms with van der Waals surface area (Å²) in [5, 5.41) is 8.81. The molecule has 21 heavy (non-hydrogen) atoms. The molecule has 0 saturated heterocycles. The number of aliphatic carboxylic acids is 1. The van der Waals surface area contributed by atoms with Gasteiger partial charge in [0.1, 0.15) is 6.54 Å². The Kier molecular flexibility index (Phi) is 4.27. The van der Waals surface area contributed by atoms with Crippen LogP contribution in [0.3, 0.4) is 0 Å². The molecule has 0 radical (unpaired) electrons. The first-order chi connectivity index (χ1) is 9.70. The van der Waals surface area contributed by atoms with Crippen LogP contribution in [0.5, 0.6) is 0 Å². The van der Waals surface area contributed by atoms with E-state index in [1.54, 1.807) is 0 Å². The van der Waals surface area contributed by atoms with Crippen molar-refractivity contribution in [1.29, 1.82) is 0 Å².